The molecule has 3 heterocycles. The van der Waals surface area contributed by atoms with E-state index in [-0.39, 0.29) is 11.2 Å². The van der Waals surface area contributed by atoms with Crippen LogP contribution in [0.15, 0.2) is 67.3 Å². The third-order valence-corrected chi connectivity index (χ3v) is 9.81. The lowest BCUT2D eigenvalue weighted by Crippen LogP contribution is -2.54. The van der Waals surface area contributed by atoms with Crippen molar-refractivity contribution in [3.05, 3.63) is 84.2 Å². The highest BCUT2D eigenvalue weighted by Crippen LogP contribution is 2.51. The molecule has 2 aromatic carbocycles. The quantitative estimate of drug-likeness (QED) is 0.349. The number of rotatable bonds is 8. The average molecular weight is 587 g/mol. The molecule has 2 aliphatic heterocycles. The van der Waals surface area contributed by atoms with Gasteiger partial charge in [-0.25, -0.2) is 14.2 Å². The Labute approximate surface area is 254 Å². The van der Waals surface area contributed by atoms with E-state index in [1.54, 1.807) is 6.07 Å². The van der Waals surface area contributed by atoms with E-state index < -0.39 is 6.09 Å². The molecule has 1 atom stereocenters. The summed E-state index contributed by atoms with van der Waals surface area (Å²) in [7, 11) is 1.35. The number of amides is 1. The number of hydrogen-bond acceptors (Lipinski definition) is 5. The lowest BCUT2D eigenvalue weighted by Gasteiger charge is -2.50. The summed E-state index contributed by atoms with van der Waals surface area (Å²) in [5, 5.41) is 18.6. The summed E-state index contributed by atoms with van der Waals surface area (Å²) in [6, 6.07) is 17.7. The lowest BCUT2D eigenvalue weighted by molar-refractivity contribution is 0.0644. The molecule has 2 saturated heterocycles. The minimum absolute atomic E-state index is 0.0613. The molecule has 0 bridgehead atoms. The van der Waals surface area contributed by atoms with Crippen LogP contribution < -0.4 is 10.2 Å². The zero-order valence-electron chi connectivity index (χ0n) is 25.0. The van der Waals surface area contributed by atoms with Crippen LogP contribution in [-0.4, -0.2) is 65.4 Å². The summed E-state index contributed by atoms with van der Waals surface area (Å²) in [6.45, 7) is 6.44. The zero-order chi connectivity index (χ0) is 30.2. The first-order valence-corrected chi connectivity index (χ1v) is 15.5. The molecule has 1 aliphatic carbocycles. The topological polar surface area (TPSA) is 97.4 Å². The van der Waals surface area contributed by atoms with Gasteiger partial charge in [-0.3, -0.25) is 0 Å². The van der Waals surface area contributed by atoms with E-state index in [9.17, 15) is 9.18 Å². The minimum atomic E-state index is -0.995. The second-order valence-corrected chi connectivity index (χ2v) is 12.3. The Morgan fingerprint density at radius 1 is 1.09 bits per heavy atom. The van der Waals surface area contributed by atoms with Crippen molar-refractivity contribution in [2.45, 2.75) is 50.5 Å². The smallest absolute Gasteiger partial charge is 0.404 e. The summed E-state index contributed by atoms with van der Waals surface area (Å²) >= 11 is 0. The van der Waals surface area contributed by atoms with Crippen molar-refractivity contribution >= 4 is 11.8 Å². The molecule has 6 rings (SSSR count). The van der Waals surface area contributed by atoms with Gasteiger partial charge >= 0.3 is 6.09 Å². The van der Waals surface area contributed by atoms with Gasteiger partial charge in [0.15, 0.2) is 0 Å². The molecular formula is C34H43FN6O2. The van der Waals surface area contributed by atoms with Crippen LogP contribution in [-0.2, 0) is 12.0 Å². The lowest BCUT2D eigenvalue weighted by atomic mass is 9.59. The molecule has 8 nitrogen and oxygen atoms in total. The van der Waals surface area contributed by atoms with Crippen LogP contribution in [0.1, 0.15) is 49.7 Å². The molecule has 3 fully saturated rings. The van der Waals surface area contributed by atoms with Gasteiger partial charge in [-0.15, -0.1) is 0 Å². The van der Waals surface area contributed by atoms with Gasteiger partial charge in [0.2, 0.25) is 0 Å². The molecule has 1 unspecified atom stereocenters. The Kier molecular flexibility index (Phi) is 9.98. The number of nitrogens with one attached hydrogen (secondary N) is 1. The van der Waals surface area contributed by atoms with Gasteiger partial charge in [0.25, 0.3) is 0 Å². The number of imidazole rings is 1. The molecule has 3 aliphatic rings. The standard InChI is InChI=1S/C32H38FN5.C2H5NO2/c33-30-7-3-6-29(18-30)32(27-4-1-2-5-27,23-37-17-14-35-24-37)28-12-15-36(16-13-28)20-26-21-38(22-26)31-10-8-25(19-34)9-11-31;1-3-2(4)5/h3,6-11,14,17-18,24,26-28H,1-2,4-5,12-13,15-16,20-23H2;3H,1H3,(H,4,5). The van der Waals surface area contributed by atoms with E-state index >= 15 is 0 Å². The summed E-state index contributed by atoms with van der Waals surface area (Å²) in [6.07, 6.45) is 12.2. The summed E-state index contributed by atoms with van der Waals surface area (Å²) in [5.74, 6) is 1.68. The predicted octanol–water partition coefficient (Wildman–Crippen LogP) is 5.75. The Hall–Kier alpha value is -3.90. The van der Waals surface area contributed by atoms with Crippen LogP contribution >= 0.6 is 0 Å². The molecular weight excluding hydrogens is 543 g/mol. The van der Waals surface area contributed by atoms with E-state index in [4.69, 9.17) is 10.4 Å². The average Bonchev–Trinajstić information content (AvgIpc) is 3.74. The van der Waals surface area contributed by atoms with Gasteiger partial charge in [0.1, 0.15) is 5.82 Å². The van der Waals surface area contributed by atoms with Crippen molar-refractivity contribution in [3.63, 3.8) is 0 Å². The number of aromatic nitrogens is 2. The van der Waals surface area contributed by atoms with Crippen LogP contribution in [0.3, 0.4) is 0 Å². The summed E-state index contributed by atoms with van der Waals surface area (Å²) < 4.78 is 16.9. The van der Waals surface area contributed by atoms with Crippen LogP contribution in [0, 0.1) is 34.9 Å². The highest BCUT2D eigenvalue weighted by molar-refractivity contribution is 5.63. The third kappa shape index (κ3) is 7.19. The summed E-state index contributed by atoms with van der Waals surface area (Å²) in [5.41, 5.74) is 3.06. The molecule has 0 radical (unpaired) electrons. The maximum atomic E-state index is 14.6. The Bertz CT molecular complexity index is 1350. The monoisotopic (exact) mass is 586 g/mol. The number of halogens is 1. The number of nitrogens with zero attached hydrogens (tertiary/aromatic N) is 5. The first kappa shape index (κ1) is 30.6. The third-order valence-electron chi connectivity index (χ3n) is 9.81. The number of anilines is 1. The van der Waals surface area contributed by atoms with Gasteiger partial charge in [-0.1, -0.05) is 25.0 Å². The van der Waals surface area contributed by atoms with Crippen molar-refractivity contribution < 1.29 is 14.3 Å². The maximum Gasteiger partial charge on any atom is 0.404 e. The van der Waals surface area contributed by atoms with Crippen molar-refractivity contribution in [2.24, 2.45) is 17.8 Å². The highest BCUT2D eigenvalue weighted by Gasteiger charge is 2.48. The van der Waals surface area contributed by atoms with E-state index in [2.05, 4.69) is 49.8 Å². The SMILES string of the molecule is CNC(=O)O.N#Cc1ccc(N2CC(CN3CCC(C(Cn4ccnc4)(c4cccc(F)c4)C4CCCC4)CC3)C2)cc1. The minimum Gasteiger partial charge on any atom is -0.465 e. The van der Waals surface area contributed by atoms with Crippen LogP contribution in [0.2, 0.25) is 0 Å². The fourth-order valence-corrected chi connectivity index (χ4v) is 7.69. The molecule has 43 heavy (non-hydrogen) atoms. The number of carboxylic acid groups (broad SMARTS) is 1. The normalized spacial score (nSPS) is 19.5. The van der Waals surface area contributed by atoms with E-state index in [1.165, 1.54) is 44.0 Å². The van der Waals surface area contributed by atoms with Crippen LogP contribution in [0.4, 0.5) is 14.9 Å². The Morgan fingerprint density at radius 2 is 1.77 bits per heavy atom. The Balaban J connectivity index is 0.000000682. The molecule has 1 amide bonds. The molecule has 0 spiro atoms. The van der Waals surface area contributed by atoms with Crippen molar-refractivity contribution in [1.82, 2.24) is 19.8 Å². The number of likely N-dealkylation sites (tertiary alicyclic amines) is 1. The van der Waals surface area contributed by atoms with Gasteiger partial charge < -0.3 is 24.8 Å². The number of carbonyl (C=O) groups is 1. The van der Waals surface area contributed by atoms with Crippen molar-refractivity contribution in [1.29, 1.82) is 5.26 Å². The van der Waals surface area contributed by atoms with Gasteiger partial charge in [-0.2, -0.15) is 5.26 Å². The first-order chi connectivity index (χ1) is 20.9. The largest absolute Gasteiger partial charge is 0.465 e. The van der Waals surface area contributed by atoms with Crippen LogP contribution in [0.5, 0.6) is 0 Å². The van der Waals surface area contributed by atoms with Crippen molar-refractivity contribution in [3.8, 4) is 6.07 Å². The van der Waals surface area contributed by atoms with Gasteiger partial charge in [0, 0.05) is 62.6 Å². The summed E-state index contributed by atoms with van der Waals surface area (Å²) in [4.78, 5) is 18.7. The fourth-order valence-electron chi connectivity index (χ4n) is 7.69. The predicted molar refractivity (Wildman–Crippen MR) is 165 cm³/mol. The van der Waals surface area contributed by atoms with Gasteiger partial charge in [0.05, 0.1) is 18.0 Å². The zero-order valence-corrected chi connectivity index (χ0v) is 25.0. The van der Waals surface area contributed by atoms with Gasteiger partial charge in [-0.05, 0) is 92.6 Å². The second kappa shape index (κ2) is 14.0. The molecule has 9 heteroatoms. The highest BCUT2D eigenvalue weighted by atomic mass is 19.1. The molecule has 1 saturated carbocycles. The maximum absolute atomic E-state index is 14.6. The fraction of sp³-hybridized carbons (Fsp3) is 0.500. The Morgan fingerprint density at radius 3 is 2.35 bits per heavy atom. The number of nitriles is 1. The number of piperidine rings is 1. The van der Waals surface area contributed by atoms with Crippen LogP contribution in [0.25, 0.3) is 0 Å². The van der Waals surface area contributed by atoms with Crippen molar-refractivity contribution in [2.75, 3.05) is 44.7 Å². The molecule has 3 aromatic rings. The molecule has 2 N–H and O–H groups in total. The number of hydrogen-bond donors (Lipinski definition) is 2. The number of benzene rings is 2. The molecule has 1 aromatic heterocycles. The molecule has 228 valence electrons. The first-order valence-electron chi connectivity index (χ1n) is 15.5. The van der Waals surface area contributed by atoms with E-state index in [1.807, 2.05) is 42.1 Å². The van der Waals surface area contributed by atoms with E-state index in [0.717, 1.165) is 52.1 Å². The van der Waals surface area contributed by atoms with E-state index in [0.29, 0.717) is 23.3 Å². The second-order valence-electron chi connectivity index (χ2n) is 12.3.